The van der Waals surface area contributed by atoms with Gasteiger partial charge in [-0.05, 0) is 24.3 Å². The molecule has 0 aromatic carbocycles. The van der Waals surface area contributed by atoms with Gasteiger partial charge in [-0.1, -0.05) is 29.4 Å². The van der Waals surface area contributed by atoms with E-state index in [-0.39, 0.29) is 17.7 Å². The smallest absolute Gasteiger partial charge is 0.282 e. The third kappa shape index (κ3) is 5.30. The average Bonchev–Trinajstić information content (AvgIpc) is 3.33. The van der Waals surface area contributed by atoms with Gasteiger partial charge in [-0.25, -0.2) is 0 Å². The molecule has 1 fully saturated rings. The first-order valence-electron chi connectivity index (χ1n) is 8.27. The van der Waals surface area contributed by atoms with Crippen LogP contribution in [0.4, 0.5) is 4.79 Å². The Bertz CT molecular complexity index is 702. The zero-order valence-electron chi connectivity index (χ0n) is 13.8. The van der Waals surface area contributed by atoms with E-state index in [4.69, 9.17) is 4.52 Å². The summed E-state index contributed by atoms with van der Waals surface area (Å²) in [7, 11) is 0. The minimum atomic E-state index is -0.0895. The van der Waals surface area contributed by atoms with E-state index in [0.717, 1.165) is 36.3 Å². The molecule has 7 nitrogen and oxygen atoms in total. The fourth-order valence-electron chi connectivity index (χ4n) is 2.47. The Hall–Kier alpha value is -1.87. The fourth-order valence-corrected chi connectivity index (χ4v) is 3.94. The van der Waals surface area contributed by atoms with Gasteiger partial charge in [0.15, 0.2) is 0 Å². The number of amides is 2. The van der Waals surface area contributed by atoms with Gasteiger partial charge in [-0.2, -0.15) is 4.98 Å². The molecule has 1 N–H and O–H groups in total. The standard InChI is InChI=1S/C16H20N4O3S2/c21-13(11-20-8-10-25-16(20)22)17-7-3-1-2-6-14-18-15(19-23-14)12-5-4-9-24-12/h4-5,9H,1-3,6-8,10-11H2,(H,17,21). The Morgan fingerprint density at radius 2 is 2.28 bits per heavy atom. The molecule has 1 aliphatic rings. The molecule has 1 aliphatic heterocycles. The summed E-state index contributed by atoms with van der Waals surface area (Å²) >= 11 is 2.86. The lowest BCUT2D eigenvalue weighted by atomic mass is 10.2. The van der Waals surface area contributed by atoms with Crippen LogP contribution < -0.4 is 5.32 Å². The molecule has 3 heterocycles. The largest absolute Gasteiger partial charge is 0.355 e. The van der Waals surface area contributed by atoms with Gasteiger partial charge in [0.2, 0.25) is 17.6 Å². The van der Waals surface area contributed by atoms with Crippen molar-refractivity contribution in [3.05, 3.63) is 23.4 Å². The summed E-state index contributed by atoms with van der Waals surface area (Å²) in [6.45, 7) is 1.45. The molecular formula is C16H20N4O3S2. The van der Waals surface area contributed by atoms with E-state index in [9.17, 15) is 9.59 Å². The number of unbranched alkanes of at least 4 members (excludes halogenated alkanes) is 2. The van der Waals surface area contributed by atoms with Gasteiger partial charge in [0.1, 0.15) is 6.54 Å². The van der Waals surface area contributed by atoms with Crippen LogP contribution in [0.1, 0.15) is 25.2 Å². The third-order valence-corrected chi connectivity index (χ3v) is 5.54. The van der Waals surface area contributed by atoms with Crippen molar-refractivity contribution in [2.75, 3.05) is 25.4 Å². The summed E-state index contributed by atoms with van der Waals surface area (Å²) < 4.78 is 5.25. The Balaban J connectivity index is 1.26. The molecule has 9 heteroatoms. The highest BCUT2D eigenvalue weighted by atomic mass is 32.2. The molecule has 0 aliphatic carbocycles. The van der Waals surface area contributed by atoms with E-state index in [1.165, 1.54) is 11.8 Å². The number of aromatic nitrogens is 2. The van der Waals surface area contributed by atoms with Gasteiger partial charge in [0.05, 0.1) is 4.88 Å². The van der Waals surface area contributed by atoms with E-state index in [0.29, 0.717) is 24.8 Å². The van der Waals surface area contributed by atoms with Crippen LogP contribution in [0.15, 0.2) is 22.0 Å². The molecule has 0 unspecified atom stereocenters. The lowest BCUT2D eigenvalue weighted by Gasteiger charge is -2.13. The maximum Gasteiger partial charge on any atom is 0.282 e. The predicted octanol–water partition coefficient (Wildman–Crippen LogP) is 2.80. The summed E-state index contributed by atoms with van der Waals surface area (Å²) in [6.07, 6.45) is 3.53. The molecule has 2 aromatic rings. The van der Waals surface area contributed by atoms with Crippen molar-refractivity contribution >= 4 is 34.2 Å². The third-order valence-electron chi connectivity index (χ3n) is 3.78. The van der Waals surface area contributed by atoms with Crippen LogP contribution in [0.25, 0.3) is 10.7 Å². The van der Waals surface area contributed by atoms with Gasteiger partial charge in [0, 0.05) is 25.3 Å². The van der Waals surface area contributed by atoms with Crippen LogP contribution in [0.2, 0.25) is 0 Å². The van der Waals surface area contributed by atoms with Crippen LogP contribution in [0.3, 0.4) is 0 Å². The number of thioether (sulfide) groups is 1. The van der Waals surface area contributed by atoms with Gasteiger partial charge >= 0.3 is 0 Å². The first-order valence-corrected chi connectivity index (χ1v) is 10.1. The molecule has 25 heavy (non-hydrogen) atoms. The minimum absolute atomic E-state index is 0.00313. The summed E-state index contributed by atoms with van der Waals surface area (Å²) in [6, 6.07) is 3.93. The Labute approximate surface area is 154 Å². The van der Waals surface area contributed by atoms with Crippen molar-refractivity contribution < 1.29 is 14.1 Å². The molecule has 3 rings (SSSR count). The van der Waals surface area contributed by atoms with Crippen molar-refractivity contribution in [2.24, 2.45) is 0 Å². The van der Waals surface area contributed by atoms with E-state index >= 15 is 0 Å². The number of nitrogens with zero attached hydrogens (tertiary/aromatic N) is 3. The van der Waals surface area contributed by atoms with Gasteiger partial charge in [0.25, 0.3) is 5.24 Å². The van der Waals surface area contributed by atoms with E-state index in [1.54, 1.807) is 16.2 Å². The quantitative estimate of drug-likeness (QED) is 0.673. The molecule has 0 saturated carbocycles. The number of nitrogens with one attached hydrogen (secondary N) is 1. The average molecular weight is 380 g/mol. The number of carbonyl (C=O) groups is 2. The molecule has 0 spiro atoms. The lowest BCUT2D eigenvalue weighted by Crippen LogP contribution is -2.37. The molecule has 2 aromatic heterocycles. The monoisotopic (exact) mass is 380 g/mol. The highest BCUT2D eigenvalue weighted by Gasteiger charge is 2.22. The van der Waals surface area contributed by atoms with Crippen molar-refractivity contribution in [3.63, 3.8) is 0 Å². The lowest BCUT2D eigenvalue weighted by molar-refractivity contribution is -0.121. The molecule has 0 atom stereocenters. The van der Waals surface area contributed by atoms with Crippen LogP contribution >= 0.6 is 23.1 Å². The Morgan fingerprint density at radius 1 is 1.36 bits per heavy atom. The zero-order chi connectivity index (χ0) is 17.5. The van der Waals surface area contributed by atoms with Gasteiger partial charge < -0.3 is 14.7 Å². The second-order valence-corrected chi connectivity index (χ2v) is 7.68. The van der Waals surface area contributed by atoms with E-state index in [1.807, 2.05) is 17.5 Å². The molecule has 0 bridgehead atoms. The molecule has 1 saturated heterocycles. The SMILES string of the molecule is O=C(CN1CCSC1=O)NCCCCCc1nc(-c2cccs2)no1. The molecule has 0 radical (unpaired) electrons. The molecule has 134 valence electrons. The summed E-state index contributed by atoms with van der Waals surface area (Å²) in [5, 5.41) is 8.83. The second kappa shape index (κ2) is 9.00. The van der Waals surface area contributed by atoms with Crippen molar-refractivity contribution in [3.8, 4) is 10.7 Å². The highest BCUT2D eigenvalue weighted by Crippen LogP contribution is 2.21. The highest BCUT2D eigenvalue weighted by molar-refractivity contribution is 8.13. The van der Waals surface area contributed by atoms with E-state index in [2.05, 4.69) is 15.5 Å². The fraction of sp³-hybridized carbons (Fsp3) is 0.500. The topological polar surface area (TPSA) is 88.3 Å². The normalized spacial score (nSPS) is 14.2. The summed E-state index contributed by atoms with van der Waals surface area (Å²) in [5.74, 6) is 1.98. The maximum atomic E-state index is 11.8. The minimum Gasteiger partial charge on any atom is -0.355 e. The number of hydrogen-bond donors (Lipinski definition) is 1. The van der Waals surface area contributed by atoms with Crippen molar-refractivity contribution in [2.45, 2.75) is 25.7 Å². The van der Waals surface area contributed by atoms with Crippen molar-refractivity contribution in [1.82, 2.24) is 20.4 Å². The number of thiophene rings is 1. The Kier molecular flexibility index (Phi) is 6.46. The second-order valence-electron chi connectivity index (χ2n) is 5.69. The number of aryl methyl sites for hydroxylation is 1. The Morgan fingerprint density at radius 3 is 3.04 bits per heavy atom. The van der Waals surface area contributed by atoms with Crippen LogP contribution in [0, 0.1) is 0 Å². The molecule has 2 amide bonds. The number of rotatable bonds is 9. The maximum absolute atomic E-state index is 11.8. The zero-order valence-corrected chi connectivity index (χ0v) is 15.4. The van der Waals surface area contributed by atoms with Crippen LogP contribution in [-0.2, 0) is 11.2 Å². The summed E-state index contributed by atoms with van der Waals surface area (Å²) in [5.41, 5.74) is 0. The number of carbonyl (C=O) groups excluding carboxylic acids is 2. The number of hydrogen-bond acceptors (Lipinski definition) is 7. The van der Waals surface area contributed by atoms with Gasteiger partial charge in [-0.15, -0.1) is 11.3 Å². The van der Waals surface area contributed by atoms with Gasteiger partial charge in [-0.3, -0.25) is 9.59 Å². The van der Waals surface area contributed by atoms with Crippen LogP contribution in [0.5, 0.6) is 0 Å². The molecular weight excluding hydrogens is 360 g/mol. The van der Waals surface area contributed by atoms with Crippen LogP contribution in [-0.4, -0.2) is 51.6 Å². The first-order chi connectivity index (χ1) is 12.2. The van der Waals surface area contributed by atoms with E-state index < -0.39 is 0 Å². The predicted molar refractivity (Wildman–Crippen MR) is 97.6 cm³/mol. The summed E-state index contributed by atoms with van der Waals surface area (Å²) in [4.78, 5) is 30.2. The van der Waals surface area contributed by atoms with Crippen molar-refractivity contribution in [1.29, 1.82) is 0 Å². The first kappa shape index (κ1) is 17.9.